The zero-order valence-corrected chi connectivity index (χ0v) is 8.19. The molecule has 2 atom stereocenters. The molecular formula is C7H17NO2S. The van der Waals surface area contributed by atoms with Crippen molar-refractivity contribution < 1.29 is 8.42 Å². The van der Waals surface area contributed by atoms with Crippen LogP contribution in [0.5, 0.6) is 0 Å². The standard InChI is InChI=1S/C7H17NO2S/c1-4-7(6(3)8)11(9,10)5-2/h6-7H,4-5,8H2,1-3H3. The van der Waals surface area contributed by atoms with Crippen molar-refractivity contribution in [1.82, 2.24) is 0 Å². The zero-order valence-electron chi connectivity index (χ0n) is 7.37. The summed E-state index contributed by atoms with van der Waals surface area (Å²) in [6.07, 6.45) is 0.605. The number of hydrogen-bond donors (Lipinski definition) is 1. The van der Waals surface area contributed by atoms with E-state index in [9.17, 15) is 8.42 Å². The van der Waals surface area contributed by atoms with Crippen LogP contribution < -0.4 is 5.73 Å². The Kier molecular flexibility index (Phi) is 4.03. The van der Waals surface area contributed by atoms with Crippen LogP contribution in [0.3, 0.4) is 0 Å². The lowest BCUT2D eigenvalue weighted by Crippen LogP contribution is -2.38. The molecule has 11 heavy (non-hydrogen) atoms. The summed E-state index contributed by atoms with van der Waals surface area (Å²) in [6, 6.07) is -0.259. The van der Waals surface area contributed by atoms with Crippen LogP contribution in [0, 0.1) is 0 Å². The van der Waals surface area contributed by atoms with Crippen molar-refractivity contribution in [3.05, 3.63) is 0 Å². The fourth-order valence-electron chi connectivity index (χ4n) is 1.17. The lowest BCUT2D eigenvalue weighted by atomic mass is 10.2. The Labute approximate surface area is 68.9 Å². The lowest BCUT2D eigenvalue weighted by Gasteiger charge is -2.17. The Hall–Kier alpha value is -0.0900. The van der Waals surface area contributed by atoms with Gasteiger partial charge in [0.1, 0.15) is 0 Å². The summed E-state index contributed by atoms with van der Waals surface area (Å²) >= 11 is 0. The van der Waals surface area contributed by atoms with Crippen molar-refractivity contribution in [3.8, 4) is 0 Å². The predicted molar refractivity (Wildman–Crippen MR) is 47.2 cm³/mol. The van der Waals surface area contributed by atoms with Gasteiger partial charge in [0.15, 0.2) is 9.84 Å². The van der Waals surface area contributed by atoms with E-state index in [1.807, 2.05) is 6.92 Å². The van der Waals surface area contributed by atoms with Crippen LogP contribution >= 0.6 is 0 Å². The SMILES string of the molecule is CCC(C(C)N)S(=O)(=O)CC. The Balaban J connectivity index is 4.51. The van der Waals surface area contributed by atoms with E-state index in [2.05, 4.69) is 0 Å². The number of hydrogen-bond acceptors (Lipinski definition) is 3. The van der Waals surface area contributed by atoms with Gasteiger partial charge in [0.2, 0.25) is 0 Å². The van der Waals surface area contributed by atoms with Gasteiger partial charge in [-0.1, -0.05) is 13.8 Å². The highest BCUT2D eigenvalue weighted by atomic mass is 32.2. The predicted octanol–water partition coefficient (Wildman–Crippen LogP) is 0.547. The van der Waals surface area contributed by atoms with Crippen molar-refractivity contribution in [2.45, 2.75) is 38.5 Å². The van der Waals surface area contributed by atoms with Gasteiger partial charge < -0.3 is 5.73 Å². The third-order valence-electron chi connectivity index (χ3n) is 1.85. The first-order chi connectivity index (χ1) is 4.95. The van der Waals surface area contributed by atoms with Crippen LogP contribution in [0.25, 0.3) is 0 Å². The largest absolute Gasteiger partial charge is 0.327 e. The van der Waals surface area contributed by atoms with Crippen molar-refractivity contribution in [1.29, 1.82) is 0 Å². The van der Waals surface area contributed by atoms with E-state index in [-0.39, 0.29) is 17.0 Å². The zero-order chi connectivity index (χ0) is 9.07. The van der Waals surface area contributed by atoms with Gasteiger partial charge in [-0.05, 0) is 13.3 Å². The van der Waals surface area contributed by atoms with Crippen LogP contribution in [0.15, 0.2) is 0 Å². The fraction of sp³-hybridized carbons (Fsp3) is 1.00. The van der Waals surface area contributed by atoms with Gasteiger partial charge in [0, 0.05) is 11.8 Å². The monoisotopic (exact) mass is 179 g/mol. The molecule has 0 aromatic carbocycles. The van der Waals surface area contributed by atoms with Crippen LogP contribution in [-0.4, -0.2) is 25.5 Å². The second kappa shape index (κ2) is 4.07. The highest BCUT2D eigenvalue weighted by Crippen LogP contribution is 2.09. The Bertz CT molecular complexity index is 196. The third-order valence-corrected chi connectivity index (χ3v) is 4.34. The van der Waals surface area contributed by atoms with Crippen molar-refractivity contribution in [2.24, 2.45) is 5.73 Å². The van der Waals surface area contributed by atoms with Crippen LogP contribution in [-0.2, 0) is 9.84 Å². The average Bonchev–Trinajstić information content (AvgIpc) is 1.88. The van der Waals surface area contributed by atoms with E-state index in [4.69, 9.17) is 5.73 Å². The normalized spacial score (nSPS) is 17.8. The van der Waals surface area contributed by atoms with E-state index in [0.717, 1.165) is 0 Å². The second-order valence-corrected chi connectivity index (χ2v) is 5.27. The summed E-state index contributed by atoms with van der Waals surface area (Å²) in [4.78, 5) is 0. The summed E-state index contributed by atoms with van der Waals surface area (Å²) in [5, 5.41) is -0.368. The smallest absolute Gasteiger partial charge is 0.154 e. The minimum absolute atomic E-state index is 0.188. The fourth-order valence-corrected chi connectivity index (χ4v) is 2.76. The Morgan fingerprint density at radius 1 is 1.36 bits per heavy atom. The molecule has 68 valence electrons. The molecule has 3 nitrogen and oxygen atoms in total. The maximum absolute atomic E-state index is 11.3. The second-order valence-electron chi connectivity index (χ2n) is 2.76. The molecule has 0 aliphatic carbocycles. The molecule has 2 unspecified atom stereocenters. The molecule has 0 saturated heterocycles. The summed E-state index contributed by atoms with van der Waals surface area (Å²) in [5.74, 6) is 0.188. The first-order valence-corrected chi connectivity index (χ1v) is 5.64. The quantitative estimate of drug-likeness (QED) is 0.685. The molecule has 0 heterocycles. The molecule has 2 N–H and O–H groups in total. The molecule has 0 radical (unpaired) electrons. The summed E-state index contributed by atoms with van der Waals surface area (Å²) in [6.45, 7) is 5.24. The molecule has 0 saturated carbocycles. The first-order valence-electron chi connectivity index (χ1n) is 3.92. The van der Waals surface area contributed by atoms with Crippen LogP contribution in [0.2, 0.25) is 0 Å². The van der Waals surface area contributed by atoms with E-state index in [0.29, 0.717) is 6.42 Å². The molecule has 4 heteroatoms. The van der Waals surface area contributed by atoms with E-state index >= 15 is 0 Å². The van der Waals surface area contributed by atoms with Gasteiger partial charge in [0.25, 0.3) is 0 Å². The minimum Gasteiger partial charge on any atom is -0.327 e. The Morgan fingerprint density at radius 3 is 1.91 bits per heavy atom. The topological polar surface area (TPSA) is 60.2 Å². The van der Waals surface area contributed by atoms with Gasteiger partial charge in [-0.2, -0.15) is 0 Å². The van der Waals surface area contributed by atoms with E-state index < -0.39 is 9.84 Å². The molecule has 0 rings (SSSR count). The highest BCUT2D eigenvalue weighted by Gasteiger charge is 2.24. The summed E-state index contributed by atoms with van der Waals surface area (Å²) < 4.78 is 22.6. The van der Waals surface area contributed by atoms with Crippen molar-refractivity contribution in [2.75, 3.05) is 5.75 Å². The minimum atomic E-state index is -2.93. The number of nitrogens with two attached hydrogens (primary N) is 1. The van der Waals surface area contributed by atoms with Gasteiger partial charge in [-0.15, -0.1) is 0 Å². The van der Waals surface area contributed by atoms with Crippen LogP contribution in [0.1, 0.15) is 27.2 Å². The molecule has 0 amide bonds. The molecule has 0 bridgehead atoms. The van der Waals surface area contributed by atoms with Gasteiger partial charge >= 0.3 is 0 Å². The molecule has 0 aliphatic heterocycles. The van der Waals surface area contributed by atoms with E-state index in [1.165, 1.54) is 0 Å². The molecule has 0 aromatic heterocycles. The number of rotatable bonds is 4. The first kappa shape index (κ1) is 10.9. The van der Waals surface area contributed by atoms with Gasteiger partial charge in [-0.3, -0.25) is 0 Å². The Morgan fingerprint density at radius 2 is 1.82 bits per heavy atom. The maximum Gasteiger partial charge on any atom is 0.154 e. The molecule has 0 aromatic rings. The summed E-state index contributed by atoms with van der Waals surface area (Å²) in [5.41, 5.74) is 5.53. The molecule has 0 spiro atoms. The highest BCUT2D eigenvalue weighted by molar-refractivity contribution is 7.92. The van der Waals surface area contributed by atoms with Gasteiger partial charge in [0.05, 0.1) is 5.25 Å². The van der Waals surface area contributed by atoms with E-state index in [1.54, 1.807) is 13.8 Å². The van der Waals surface area contributed by atoms with Crippen molar-refractivity contribution >= 4 is 9.84 Å². The van der Waals surface area contributed by atoms with Crippen LogP contribution in [0.4, 0.5) is 0 Å². The average molecular weight is 179 g/mol. The molecule has 0 aliphatic rings. The maximum atomic E-state index is 11.3. The lowest BCUT2D eigenvalue weighted by molar-refractivity contribution is 0.554. The molecular weight excluding hydrogens is 162 g/mol. The summed E-state index contributed by atoms with van der Waals surface area (Å²) in [7, 11) is -2.93. The molecule has 0 fully saturated rings. The third kappa shape index (κ3) is 2.79. The van der Waals surface area contributed by atoms with Crippen molar-refractivity contribution in [3.63, 3.8) is 0 Å². The number of sulfone groups is 1. The van der Waals surface area contributed by atoms with Gasteiger partial charge in [-0.25, -0.2) is 8.42 Å².